The second kappa shape index (κ2) is 23.4. The normalized spacial score (nSPS) is 19.4. The quantitative estimate of drug-likeness (QED) is 0.107. The molecule has 0 saturated carbocycles. The van der Waals surface area contributed by atoms with E-state index in [0.29, 0.717) is 79.2 Å². The first-order chi connectivity index (χ1) is 35.7. The Balaban J connectivity index is 0.000000182. The van der Waals surface area contributed by atoms with E-state index in [-0.39, 0.29) is 35.3 Å². The summed E-state index contributed by atoms with van der Waals surface area (Å²) in [5.74, 6) is 4.12. The van der Waals surface area contributed by atoms with Crippen molar-refractivity contribution in [1.29, 1.82) is 10.5 Å². The highest BCUT2D eigenvalue weighted by Gasteiger charge is 2.38. The maximum Gasteiger partial charge on any atom is 0.216 e. The van der Waals surface area contributed by atoms with Crippen LogP contribution in [0.5, 0.6) is 0 Å². The summed E-state index contributed by atoms with van der Waals surface area (Å²) < 4.78 is 3.45. The molecule has 4 atom stereocenters. The highest BCUT2D eigenvalue weighted by Crippen LogP contribution is 2.37. The van der Waals surface area contributed by atoms with E-state index < -0.39 is 0 Å². The molecule has 74 heavy (non-hydrogen) atoms. The molecule has 0 aliphatic carbocycles. The van der Waals surface area contributed by atoms with Crippen LogP contribution in [-0.2, 0) is 9.59 Å². The first kappa shape index (κ1) is 53.0. The van der Waals surface area contributed by atoms with Crippen LogP contribution in [-0.4, -0.2) is 140 Å². The van der Waals surface area contributed by atoms with Gasteiger partial charge >= 0.3 is 0 Å². The Labute approximate surface area is 450 Å². The summed E-state index contributed by atoms with van der Waals surface area (Å²) >= 11 is 25.1. The van der Waals surface area contributed by atoms with Crippen LogP contribution in [0.4, 0.5) is 11.6 Å². The van der Waals surface area contributed by atoms with E-state index in [9.17, 15) is 20.1 Å². The number of carbonyl (C=O) groups excluding carboxylic acids is 2. The molecular weight excluding hydrogens is 1020 g/mol. The van der Waals surface area contributed by atoms with Crippen molar-refractivity contribution in [2.45, 2.75) is 65.5 Å². The number of fused-ring (bicyclic) bond motifs is 2. The monoisotopic (exact) mass is 1080 g/mol. The van der Waals surface area contributed by atoms with Gasteiger partial charge in [0.05, 0.1) is 24.5 Å². The van der Waals surface area contributed by atoms with Gasteiger partial charge in [-0.05, 0) is 112 Å². The van der Waals surface area contributed by atoms with Gasteiger partial charge in [-0.25, -0.2) is 29.3 Å². The van der Waals surface area contributed by atoms with Crippen molar-refractivity contribution >= 4 is 92.2 Å². The number of benzene rings is 2. The summed E-state index contributed by atoms with van der Waals surface area (Å²) in [7, 11) is 0. The first-order valence-corrected chi connectivity index (χ1v) is 26.8. The molecule has 2 aromatic carbocycles. The van der Waals surface area contributed by atoms with Gasteiger partial charge in [-0.2, -0.15) is 20.7 Å². The third-order valence-electron chi connectivity index (χ3n) is 15.0. The Morgan fingerprint density at radius 2 is 1.04 bits per heavy atom. The number of rotatable bonds is 14. The number of piperidine rings is 2. The number of hydrogen-bond acceptors (Lipinski definition) is 14. The number of halogens is 4. The number of nitriles is 2. The molecular formula is C52H60Cl4N16O2. The van der Waals surface area contributed by atoms with Crippen LogP contribution < -0.4 is 20.4 Å². The summed E-state index contributed by atoms with van der Waals surface area (Å²) in [6, 6.07) is 14.5. The molecule has 4 aromatic heterocycles. The predicted molar refractivity (Wildman–Crippen MR) is 288 cm³/mol. The molecule has 0 bridgehead atoms. The molecule has 388 valence electrons. The van der Waals surface area contributed by atoms with E-state index in [1.165, 1.54) is 25.7 Å². The first-order valence-electron chi connectivity index (χ1n) is 25.3. The Hall–Kier alpha value is -5.86. The van der Waals surface area contributed by atoms with Crippen LogP contribution in [0.3, 0.4) is 0 Å². The maximum atomic E-state index is 11.2. The van der Waals surface area contributed by atoms with Crippen LogP contribution in [0.2, 0.25) is 20.1 Å². The second-order valence-corrected chi connectivity index (χ2v) is 21.7. The van der Waals surface area contributed by atoms with Crippen molar-refractivity contribution in [3.05, 3.63) is 91.4 Å². The molecule has 6 aromatic rings. The standard InChI is InChI=1S/2C26H30Cl2N8O/c2*1-16(21-6-5-20(27)10-22(21)28)36-26-25(23(11-29)33-36)31-12-24(32-26)35-14-19(15-35)18-4-3-8-34(13-18)9-7-30-17(2)37/h2*5-6,10,12,16,18-19H,3-4,7-9,13-15H2,1-2H3,(H,30,37)/t16-,18+;/m1./s1. The molecule has 8 heterocycles. The van der Waals surface area contributed by atoms with E-state index in [0.717, 1.165) is 88.2 Å². The van der Waals surface area contributed by atoms with E-state index in [4.69, 9.17) is 56.4 Å². The summed E-state index contributed by atoms with van der Waals surface area (Å²) in [6.07, 6.45) is 8.33. The van der Waals surface area contributed by atoms with Crippen molar-refractivity contribution in [1.82, 2.24) is 59.9 Å². The van der Waals surface area contributed by atoms with E-state index in [2.05, 4.69) is 62.5 Å². The van der Waals surface area contributed by atoms with Gasteiger partial charge in [-0.15, -0.1) is 0 Å². The third kappa shape index (κ3) is 11.8. The number of carbonyl (C=O) groups is 2. The van der Waals surface area contributed by atoms with Crippen LogP contribution >= 0.6 is 46.4 Å². The number of hydrogen-bond donors (Lipinski definition) is 2. The number of likely N-dealkylation sites (tertiary alicyclic amines) is 2. The molecule has 0 radical (unpaired) electrons. The number of nitrogens with zero attached hydrogens (tertiary/aromatic N) is 14. The zero-order valence-electron chi connectivity index (χ0n) is 42.0. The predicted octanol–water partition coefficient (Wildman–Crippen LogP) is 7.80. The lowest BCUT2D eigenvalue weighted by molar-refractivity contribution is -0.119. The van der Waals surface area contributed by atoms with Crippen molar-refractivity contribution < 1.29 is 9.59 Å². The Morgan fingerprint density at radius 3 is 1.41 bits per heavy atom. The molecule has 22 heteroatoms. The van der Waals surface area contributed by atoms with Gasteiger partial charge in [-0.3, -0.25) is 9.59 Å². The number of aromatic nitrogens is 8. The molecule has 4 fully saturated rings. The van der Waals surface area contributed by atoms with Crippen molar-refractivity contribution in [2.75, 3.05) is 88.3 Å². The van der Waals surface area contributed by atoms with Gasteiger partial charge in [0.15, 0.2) is 22.7 Å². The fraction of sp³-hybridized carbons (Fsp3) is 0.500. The van der Waals surface area contributed by atoms with Crippen molar-refractivity contribution in [3.63, 3.8) is 0 Å². The van der Waals surface area contributed by atoms with Gasteiger partial charge in [0, 0.05) is 99.4 Å². The molecule has 4 aliphatic rings. The van der Waals surface area contributed by atoms with Crippen LogP contribution in [0.25, 0.3) is 22.3 Å². The van der Waals surface area contributed by atoms with Gasteiger partial charge in [-0.1, -0.05) is 58.5 Å². The second-order valence-electron chi connectivity index (χ2n) is 20.0. The molecule has 2 amide bonds. The van der Waals surface area contributed by atoms with E-state index in [1.54, 1.807) is 59.9 Å². The highest BCUT2D eigenvalue weighted by molar-refractivity contribution is 6.35. The SMILES string of the molecule is CC(=O)NCCN1CCCC(C2CN(c3cnc4c(C#N)nn(C(C)c5ccc(Cl)cc5Cl)c4n3)C2)C1.CC(=O)NCCN1CCC[C@H](C2CN(c3cnc4c(C#N)nn([C@H](C)c5ccc(Cl)cc5Cl)c4n3)C2)C1. The summed E-state index contributed by atoms with van der Waals surface area (Å²) in [4.78, 5) is 50.7. The Bertz CT molecular complexity index is 2900. The minimum atomic E-state index is -0.256. The van der Waals surface area contributed by atoms with Gasteiger partial charge < -0.3 is 30.2 Å². The Morgan fingerprint density at radius 1 is 0.635 bits per heavy atom. The summed E-state index contributed by atoms with van der Waals surface area (Å²) in [6.45, 7) is 18.3. The molecule has 2 N–H and O–H groups in total. The lowest BCUT2D eigenvalue weighted by atomic mass is 9.80. The average Bonchev–Trinajstić information content (AvgIpc) is 3.91. The van der Waals surface area contributed by atoms with Crippen LogP contribution in [0.1, 0.15) is 88.0 Å². The minimum Gasteiger partial charge on any atom is -0.355 e. The lowest BCUT2D eigenvalue weighted by Crippen LogP contribution is -2.54. The van der Waals surface area contributed by atoms with Gasteiger partial charge in [0.2, 0.25) is 11.8 Å². The largest absolute Gasteiger partial charge is 0.355 e. The van der Waals surface area contributed by atoms with E-state index in [1.807, 2.05) is 26.0 Å². The number of nitrogens with one attached hydrogen (secondary N) is 2. The number of amides is 2. The van der Waals surface area contributed by atoms with E-state index >= 15 is 0 Å². The zero-order valence-corrected chi connectivity index (χ0v) is 45.0. The van der Waals surface area contributed by atoms with Crippen LogP contribution in [0, 0.1) is 46.3 Å². The molecule has 4 aliphatic heterocycles. The summed E-state index contributed by atoms with van der Waals surface area (Å²) in [5, 5.41) is 36.3. The lowest BCUT2D eigenvalue weighted by Gasteiger charge is -2.47. The number of anilines is 2. The van der Waals surface area contributed by atoms with Crippen molar-refractivity contribution in [3.8, 4) is 12.1 Å². The summed E-state index contributed by atoms with van der Waals surface area (Å²) in [5.41, 5.74) is 4.29. The molecule has 4 saturated heterocycles. The minimum absolute atomic E-state index is 0.0233. The van der Waals surface area contributed by atoms with Gasteiger partial charge in [0.1, 0.15) is 34.8 Å². The molecule has 18 nitrogen and oxygen atoms in total. The molecule has 0 spiro atoms. The fourth-order valence-corrected chi connectivity index (χ4v) is 12.0. The zero-order chi connectivity index (χ0) is 52.2. The smallest absolute Gasteiger partial charge is 0.216 e. The van der Waals surface area contributed by atoms with Gasteiger partial charge in [0.25, 0.3) is 0 Å². The highest BCUT2D eigenvalue weighted by atomic mass is 35.5. The Kier molecular flexibility index (Phi) is 16.7. The fourth-order valence-electron chi connectivity index (χ4n) is 10.9. The topological polar surface area (TPSA) is 206 Å². The molecule has 10 rings (SSSR count). The molecule has 2 unspecified atom stereocenters. The average molecular weight is 1080 g/mol. The third-order valence-corrected chi connectivity index (χ3v) is 16.2. The van der Waals surface area contributed by atoms with Crippen LogP contribution in [0.15, 0.2) is 48.8 Å². The van der Waals surface area contributed by atoms with Crippen molar-refractivity contribution in [2.24, 2.45) is 23.7 Å². The maximum absolute atomic E-state index is 11.2.